The van der Waals surface area contributed by atoms with E-state index in [0.717, 1.165) is 12.1 Å². The molecule has 0 bridgehead atoms. The standard InChI is InChI=1S/C16H25NO/c1-12(2)11-14(16(3,4)5)15(18)17-13-9-7-6-8-10-13/h6-10,12,14H,11H2,1-5H3,(H,17,18)/t14-/m0/s1. The molecule has 18 heavy (non-hydrogen) atoms. The lowest BCUT2D eigenvalue weighted by Gasteiger charge is -2.31. The number of hydrogen-bond donors (Lipinski definition) is 1. The minimum Gasteiger partial charge on any atom is -0.326 e. The molecule has 0 saturated carbocycles. The van der Waals surface area contributed by atoms with Crippen LogP contribution < -0.4 is 5.32 Å². The molecule has 100 valence electrons. The van der Waals surface area contributed by atoms with Crippen molar-refractivity contribution in [1.82, 2.24) is 0 Å². The Hall–Kier alpha value is -1.31. The first-order chi connectivity index (χ1) is 8.30. The van der Waals surface area contributed by atoms with Crippen LogP contribution in [-0.2, 0) is 4.79 Å². The second-order valence-electron chi connectivity index (χ2n) is 6.40. The number of amides is 1. The van der Waals surface area contributed by atoms with Gasteiger partial charge in [-0.25, -0.2) is 0 Å². The topological polar surface area (TPSA) is 29.1 Å². The molecule has 0 heterocycles. The summed E-state index contributed by atoms with van der Waals surface area (Å²) in [7, 11) is 0. The van der Waals surface area contributed by atoms with Crippen molar-refractivity contribution >= 4 is 11.6 Å². The molecule has 1 atom stereocenters. The average Bonchev–Trinajstić information content (AvgIpc) is 2.25. The van der Waals surface area contributed by atoms with Gasteiger partial charge in [0.25, 0.3) is 0 Å². The number of nitrogens with one attached hydrogen (secondary N) is 1. The number of para-hydroxylation sites is 1. The molecule has 0 spiro atoms. The van der Waals surface area contributed by atoms with E-state index >= 15 is 0 Å². The smallest absolute Gasteiger partial charge is 0.228 e. The van der Waals surface area contributed by atoms with Crippen LogP contribution in [0, 0.1) is 17.3 Å². The van der Waals surface area contributed by atoms with Gasteiger partial charge in [0.15, 0.2) is 0 Å². The van der Waals surface area contributed by atoms with Crippen LogP contribution in [0.1, 0.15) is 41.0 Å². The summed E-state index contributed by atoms with van der Waals surface area (Å²) in [6, 6.07) is 9.67. The molecule has 1 aromatic rings. The molecule has 0 aliphatic rings. The van der Waals surface area contributed by atoms with Gasteiger partial charge in [-0.05, 0) is 29.9 Å². The lowest BCUT2D eigenvalue weighted by Crippen LogP contribution is -2.34. The van der Waals surface area contributed by atoms with E-state index in [1.165, 1.54) is 0 Å². The van der Waals surface area contributed by atoms with Gasteiger partial charge in [-0.2, -0.15) is 0 Å². The van der Waals surface area contributed by atoms with Crippen molar-refractivity contribution in [3.05, 3.63) is 30.3 Å². The second-order valence-corrected chi connectivity index (χ2v) is 6.40. The highest BCUT2D eigenvalue weighted by molar-refractivity contribution is 5.92. The lowest BCUT2D eigenvalue weighted by atomic mass is 9.75. The SMILES string of the molecule is CC(C)C[C@@H](C(=O)Nc1ccccc1)C(C)(C)C. The summed E-state index contributed by atoms with van der Waals surface area (Å²) in [5.74, 6) is 0.691. The highest BCUT2D eigenvalue weighted by atomic mass is 16.1. The van der Waals surface area contributed by atoms with E-state index in [0.29, 0.717) is 5.92 Å². The molecule has 0 aliphatic carbocycles. The van der Waals surface area contributed by atoms with Crippen LogP contribution in [0.3, 0.4) is 0 Å². The fourth-order valence-corrected chi connectivity index (χ4v) is 2.08. The third kappa shape index (κ3) is 4.52. The average molecular weight is 247 g/mol. The van der Waals surface area contributed by atoms with E-state index < -0.39 is 0 Å². The molecule has 0 unspecified atom stereocenters. The molecule has 1 aromatic carbocycles. The summed E-state index contributed by atoms with van der Waals surface area (Å²) >= 11 is 0. The molecule has 0 fully saturated rings. The van der Waals surface area contributed by atoms with Gasteiger partial charge in [-0.1, -0.05) is 52.8 Å². The van der Waals surface area contributed by atoms with Crippen molar-refractivity contribution in [3.63, 3.8) is 0 Å². The largest absolute Gasteiger partial charge is 0.326 e. The lowest BCUT2D eigenvalue weighted by molar-refractivity contribution is -0.123. The number of rotatable bonds is 4. The van der Waals surface area contributed by atoms with Crippen LogP contribution in [0.5, 0.6) is 0 Å². The fourth-order valence-electron chi connectivity index (χ4n) is 2.08. The van der Waals surface area contributed by atoms with Crippen LogP contribution in [0.2, 0.25) is 0 Å². The molecular formula is C16H25NO. The van der Waals surface area contributed by atoms with Gasteiger partial charge in [-0.3, -0.25) is 4.79 Å². The zero-order valence-electron chi connectivity index (χ0n) is 12.2. The van der Waals surface area contributed by atoms with Crippen LogP contribution in [0.4, 0.5) is 5.69 Å². The minimum atomic E-state index is -0.0108. The third-order valence-electron chi connectivity index (χ3n) is 3.11. The monoisotopic (exact) mass is 247 g/mol. The summed E-state index contributed by atoms with van der Waals surface area (Å²) in [4.78, 5) is 12.4. The van der Waals surface area contributed by atoms with Gasteiger partial charge in [0.05, 0.1) is 0 Å². The van der Waals surface area contributed by atoms with Gasteiger partial charge in [0.1, 0.15) is 0 Å². The van der Waals surface area contributed by atoms with E-state index in [1.54, 1.807) is 0 Å². The molecule has 1 amide bonds. The predicted octanol–water partition coefficient (Wildman–Crippen LogP) is 4.33. The molecule has 0 saturated heterocycles. The molecule has 0 aromatic heterocycles. The predicted molar refractivity (Wildman–Crippen MR) is 77.5 cm³/mol. The van der Waals surface area contributed by atoms with Crippen molar-refractivity contribution in [1.29, 1.82) is 0 Å². The van der Waals surface area contributed by atoms with Crippen molar-refractivity contribution < 1.29 is 4.79 Å². The molecule has 0 aliphatic heterocycles. The Morgan fingerprint density at radius 2 is 1.72 bits per heavy atom. The highest BCUT2D eigenvalue weighted by Gasteiger charge is 2.31. The summed E-state index contributed by atoms with van der Waals surface area (Å²) in [6.07, 6.45) is 0.919. The minimum absolute atomic E-state index is 0.0108. The molecule has 2 heteroatoms. The van der Waals surface area contributed by atoms with E-state index in [9.17, 15) is 4.79 Å². The summed E-state index contributed by atoms with van der Waals surface area (Å²) < 4.78 is 0. The Balaban J connectivity index is 2.77. The maximum absolute atomic E-state index is 12.4. The van der Waals surface area contributed by atoms with Crippen molar-refractivity contribution in [2.45, 2.75) is 41.0 Å². The van der Waals surface area contributed by atoms with Crippen molar-refractivity contribution in [2.24, 2.45) is 17.3 Å². The molecule has 1 N–H and O–H groups in total. The molecule has 1 rings (SSSR count). The van der Waals surface area contributed by atoms with Gasteiger partial charge in [-0.15, -0.1) is 0 Å². The number of carbonyl (C=O) groups is 1. The Labute approximate surface area is 111 Å². The molecule has 2 nitrogen and oxygen atoms in total. The fraction of sp³-hybridized carbons (Fsp3) is 0.562. The Morgan fingerprint density at radius 1 is 1.17 bits per heavy atom. The van der Waals surface area contributed by atoms with Crippen molar-refractivity contribution in [3.8, 4) is 0 Å². The van der Waals surface area contributed by atoms with Crippen LogP contribution in [0.15, 0.2) is 30.3 Å². The van der Waals surface area contributed by atoms with E-state index in [2.05, 4.69) is 39.9 Å². The van der Waals surface area contributed by atoms with Crippen LogP contribution in [-0.4, -0.2) is 5.91 Å². The van der Waals surface area contributed by atoms with E-state index in [4.69, 9.17) is 0 Å². The van der Waals surface area contributed by atoms with Crippen LogP contribution >= 0.6 is 0 Å². The number of benzene rings is 1. The summed E-state index contributed by atoms with van der Waals surface area (Å²) in [5.41, 5.74) is 0.865. The maximum Gasteiger partial charge on any atom is 0.228 e. The highest BCUT2D eigenvalue weighted by Crippen LogP contribution is 2.32. The molecule has 0 radical (unpaired) electrons. The Kier molecular flexibility index (Phi) is 4.94. The first kappa shape index (κ1) is 14.7. The first-order valence-electron chi connectivity index (χ1n) is 6.66. The number of anilines is 1. The number of carbonyl (C=O) groups excluding carboxylic acids is 1. The zero-order valence-corrected chi connectivity index (χ0v) is 12.2. The third-order valence-corrected chi connectivity index (χ3v) is 3.11. The Morgan fingerprint density at radius 3 is 2.17 bits per heavy atom. The number of hydrogen-bond acceptors (Lipinski definition) is 1. The first-order valence-corrected chi connectivity index (χ1v) is 6.66. The Bertz CT molecular complexity index is 376. The normalized spacial score (nSPS) is 13.4. The van der Waals surface area contributed by atoms with Crippen molar-refractivity contribution in [2.75, 3.05) is 5.32 Å². The molecular weight excluding hydrogens is 222 g/mol. The second kappa shape index (κ2) is 6.03. The maximum atomic E-state index is 12.4. The van der Waals surface area contributed by atoms with Gasteiger partial charge >= 0.3 is 0 Å². The van der Waals surface area contributed by atoms with E-state index in [1.807, 2.05) is 30.3 Å². The van der Waals surface area contributed by atoms with Gasteiger partial charge < -0.3 is 5.32 Å². The summed E-state index contributed by atoms with van der Waals surface area (Å²) in [5, 5.41) is 3.01. The van der Waals surface area contributed by atoms with E-state index in [-0.39, 0.29) is 17.2 Å². The van der Waals surface area contributed by atoms with Gasteiger partial charge in [0.2, 0.25) is 5.91 Å². The quantitative estimate of drug-likeness (QED) is 0.842. The van der Waals surface area contributed by atoms with Gasteiger partial charge in [0, 0.05) is 11.6 Å². The zero-order chi connectivity index (χ0) is 13.8. The van der Waals surface area contributed by atoms with Crippen LogP contribution in [0.25, 0.3) is 0 Å². The summed E-state index contributed by atoms with van der Waals surface area (Å²) in [6.45, 7) is 10.7.